The molecule has 0 aromatic carbocycles. The Hall–Kier alpha value is -0.0800. The van der Waals surface area contributed by atoms with Crippen molar-refractivity contribution in [2.75, 3.05) is 19.8 Å². The van der Waals surface area contributed by atoms with Gasteiger partial charge in [0.2, 0.25) is 0 Å². The molecule has 0 bridgehead atoms. The summed E-state index contributed by atoms with van der Waals surface area (Å²) in [5.74, 6) is 3.80. The molecule has 0 spiro atoms. The zero-order valence-electron chi connectivity index (χ0n) is 11.9. The first-order chi connectivity index (χ1) is 8.90. The second-order valence-electron chi connectivity index (χ2n) is 6.67. The van der Waals surface area contributed by atoms with Crippen LogP contribution in [0.5, 0.6) is 0 Å². The minimum Gasteiger partial charge on any atom is -0.381 e. The summed E-state index contributed by atoms with van der Waals surface area (Å²) in [6, 6.07) is 0.744. The van der Waals surface area contributed by atoms with Gasteiger partial charge in [0.05, 0.1) is 6.61 Å². The number of rotatable bonds is 6. The van der Waals surface area contributed by atoms with Gasteiger partial charge in [0.25, 0.3) is 0 Å². The lowest BCUT2D eigenvalue weighted by Crippen LogP contribution is -2.50. The summed E-state index contributed by atoms with van der Waals surface area (Å²) < 4.78 is 5.66. The molecule has 1 saturated heterocycles. The normalized spacial score (nSPS) is 31.3. The van der Waals surface area contributed by atoms with Gasteiger partial charge in [0.1, 0.15) is 0 Å². The van der Waals surface area contributed by atoms with E-state index in [1.54, 1.807) is 0 Å². The molecule has 2 heteroatoms. The highest BCUT2D eigenvalue weighted by molar-refractivity contribution is 4.96. The van der Waals surface area contributed by atoms with Crippen molar-refractivity contribution in [3.63, 3.8) is 0 Å². The van der Waals surface area contributed by atoms with Crippen LogP contribution in [0.1, 0.15) is 51.9 Å². The highest BCUT2D eigenvalue weighted by Crippen LogP contribution is 2.47. The van der Waals surface area contributed by atoms with E-state index in [2.05, 4.69) is 12.2 Å². The Morgan fingerprint density at radius 2 is 1.67 bits per heavy atom. The van der Waals surface area contributed by atoms with E-state index in [1.807, 2.05) is 0 Å². The predicted molar refractivity (Wildman–Crippen MR) is 74.6 cm³/mol. The molecule has 1 heterocycles. The van der Waals surface area contributed by atoms with E-state index < -0.39 is 0 Å². The summed E-state index contributed by atoms with van der Waals surface area (Å²) in [4.78, 5) is 0. The Labute approximate surface area is 112 Å². The SMILES string of the molecule is CCNC(C1CCOC1)C(C1CCC1)C1CCC1. The molecule has 104 valence electrons. The fourth-order valence-corrected chi connectivity index (χ4v) is 4.31. The zero-order valence-corrected chi connectivity index (χ0v) is 11.9. The van der Waals surface area contributed by atoms with Gasteiger partial charge < -0.3 is 10.1 Å². The van der Waals surface area contributed by atoms with Gasteiger partial charge in [-0.2, -0.15) is 0 Å². The van der Waals surface area contributed by atoms with Crippen molar-refractivity contribution in [1.82, 2.24) is 5.32 Å². The summed E-state index contributed by atoms with van der Waals surface area (Å²) in [6.07, 6.45) is 10.2. The first-order valence-corrected chi connectivity index (χ1v) is 8.21. The third-order valence-electron chi connectivity index (χ3n) is 5.72. The van der Waals surface area contributed by atoms with Crippen LogP contribution in [0.25, 0.3) is 0 Å². The lowest BCUT2D eigenvalue weighted by molar-refractivity contribution is 0.0373. The molecule has 0 radical (unpaired) electrons. The molecule has 2 aliphatic carbocycles. The molecule has 3 aliphatic rings. The Morgan fingerprint density at radius 1 is 1.00 bits per heavy atom. The average molecular weight is 251 g/mol. The third-order valence-corrected chi connectivity index (χ3v) is 5.72. The van der Waals surface area contributed by atoms with Gasteiger partial charge in [-0.25, -0.2) is 0 Å². The molecular formula is C16H29NO. The summed E-state index contributed by atoms with van der Waals surface area (Å²) in [7, 11) is 0. The van der Waals surface area contributed by atoms with E-state index in [1.165, 1.54) is 44.9 Å². The molecule has 3 fully saturated rings. The lowest BCUT2D eigenvalue weighted by Gasteiger charge is -2.48. The molecule has 3 rings (SSSR count). The molecule has 0 aromatic rings. The van der Waals surface area contributed by atoms with Crippen LogP contribution in [0.2, 0.25) is 0 Å². The maximum Gasteiger partial charge on any atom is 0.0510 e. The van der Waals surface area contributed by atoms with E-state index in [4.69, 9.17) is 4.74 Å². The minimum atomic E-state index is 0.744. The molecule has 18 heavy (non-hydrogen) atoms. The Morgan fingerprint density at radius 3 is 2.06 bits per heavy atom. The van der Waals surface area contributed by atoms with Crippen LogP contribution < -0.4 is 5.32 Å². The van der Waals surface area contributed by atoms with E-state index in [0.717, 1.165) is 49.5 Å². The van der Waals surface area contributed by atoms with Gasteiger partial charge in [0, 0.05) is 18.6 Å². The predicted octanol–water partition coefficient (Wildman–Crippen LogP) is 3.22. The maximum atomic E-state index is 5.66. The second-order valence-corrected chi connectivity index (χ2v) is 6.67. The molecule has 2 saturated carbocycles. The first-order valence-electron chi connectivity index (χ1n) is 8.21. The minimum absolute atomic E-state index is 0.744. The van der Waals surface area contributed by atoms with Gasteiger partial charge in [-0.15, -0.1) is 0 Å². The fourth-order valence-electron chi connectivity index (χ4n) is 4.31. The lowest BCUT2D eigenvalue weighted by atomic mass is 9.60. The van der Waals surface area contributed by atoms with Crippen molar-refractivity contribution in [1.29, 1.82) is 0 Å². The average Bonchev–Trinajstić information content (AvgIpc) is 2.73. The topological polar surface area (TPSA) is 21.3 Å². The standard InChI is InChI=1S/C16H29NO/c1-2-17-16(14-9-10-18-11-14)15(12-5-3-6-12)13-7-4-8-13/h12-17H,2-11H2,1H3. The molecule has 0 amide bonds. The number of nitrogens with one attached hydrogen (secondary N) is 1. The highest BCUT2D eigenvalue weighted by atomic mass is 16.5. The number of ether oxygens (including phenoxy) is 1. The van der Waals surface area contributed by atoms with Crippen LogP contribution in [0.4, 0.5) is 0 Å². The van der Waals surface area contributed by atoms with Crippen LogP contribution in [0, 0.1) is 23.7 Å². The van der Waals surface area contributed by atoms with Crippen LogP contribution in [0.3, 0.4) is 0 Å². The van der Waals surface area contributed by atoms with Crippen LogP contribution in [-0.4, -0.2) is 25.8 Å². The quantitative estimate of drug-likeness (QED) is 0.782. The van der Waals surface area contributed by atoms with Crippen molar-refractivity contribution in [3.8, 4) is 0 Å². The van der Waals surface area contributed by atoms with Crippen LogP contribution >= 0.6 is 0 Å². The summed E-state index contributed by atoms with van der Waals surface area (Å²) in [5.41, 5.74) is 0. The van der Waals surface area contributed by atoms with Crippen LogP contribution in [0.15, 0.2) is 0 Å². The summed E-state index contributed by atoms with van der Waals surface area (Å²) >= 11 is 0. The molecule has 2 atom stereocenters. The van der Waals surface area contributed by atoms with E-state index in [-0.39, 0.29) is 0 Å². The zero-order chi connectivity index (χ0) is 12.4. The Kier molecular flexibility index (Phi) is 4.25. The molecule has 0 aromatic heterocycles. The summed E-state index contributed by atoms with van der Waals surface area (Å²) in [6.45, 7) is 5.39. The molecule has 2 nitrogen and oxygen atoms in total. The Bertz CT molecular complexity index is 240. The first kappa shape index (κ1) is 12.9. The molecular weight excluding hydrogens is 222 g/mol. The van der Waals surface area contributed by atoms with Gasteiger partial charge in [-0.05, 0) is 30.7 Å². The number of hydrogen-bond donors (Lipinski definition) is 1. The monoisotopic (exact) mass is 251 g/mol. The smallest absolute Gasteiger partial charge is 0.0510 e. The van der Waals surface area contributed by atoms with Crippen LogP contribution in [-0.2, 0) is 4.74 Å². The van der Waals surface area contributed by atoms with Crippen molar-refractivity contribution >= 4 is 0 Å². The highest BCUT2D eigenvalue weighted by Gasteiger charge is 2.43. The van der Waals surface area contributed by atoms with Gasteiger partial charge in [-0.1, -0.05) is 45.4 Å². The molecule has 2 unspecified atom stereocenters. The van der Waals surface area contributed by atoms with Crippen molar-refractivity contribution in [2.45, 2.75) is 57.9 Å². The molecule has 1 N–H and O–H groups in total. The van der Waals surface area contributed by atoms with Crippen molar-refractivity contribution in [2.24, 2.45) is 23.7 Å². The van der Waals surface area contributed by atoms with E-state index in [0.29, 0.717) is 0 Å². The van der Waals surface area contributed by atoms with E-state index >= 15 is 0 Å². The van der Waals surface area contributed by atoms with Crippen molar-refractivity contribution in [3.05, 3.63) is 0 Å². The van der Waals surface area contributed by atoms with Gasteiger partial charge in [-0.3, -0.25) is 0 Å². The fraction of sp³-hybridized carbons (Fsp3) is 1.00. The third kappa shape index (κ3) is 2.46. The van der Waals surface area contributed by atoms with Gasteiger partial charge >= 0.3 is 0 Å². The summed E-state index contributed by atoms with van der Waals surface area (Å²) in [5, 5.41) is 3.84. The van der Waals surface area contributed by atoms with Crippen molar-refractivity contribution < 1.29 is 4.74 Å². The number of hydrogen-bond acceptors (Lipinski definition) is 2. The largest absolute Gasteiger partial charge is 0.381 e. The maximum absolute atomic E-state index is 5.66. The molecule has 1 aliphatic heterocycles. The van der Waals surface area contributed by atoms with E-state index in [9.17, 15) is 0 Å². The second kappa shape index (κ2) is 5.92. The Balaban J connectivity index is 1.70. The van der Waals surface area contributed by atoms with Gasteiger partial charge in [0.15, 0.2) is 0 Å².